The van der Waals surface area contributed by atoms with Gasteiger partial charge in [-0.05, 0) is 87.0 Å². The second-order valence-electron chi connectivity index (χ2n) is 9.98. The fraction of sp³-hybridized carbons (Fsp3) is 0.375. The summed E-state index contributed by atoms with van der Waals surface area (Å²) in [5, 5.41) is 3.52. The van der Waals surface area contributed by atoms with E-state index in [9.17, 15) is 18.0 Å². The van der Waals surface area contributed by atoms with Crippen molar-refractivity contribution in [1.29, 1.82) is 0 Å². The minimum Gasteiger partial charge on any atom is -0.492 e. The highest BCUT2D eigenvalue weighted by molar-refractivity contribution is 7.98. The van der Waals surface area contributed by atoms with Crippen molar-refractivity contribution in [2.45, 2.75) is 69.0 Å². The van der Waals surface area contributed by atoms with E-state index in [-0.39, 0.29) is 29.1 Å². The third kappa shape index (κ3) is 8.90. The van der Waals surface area contributed by atoms with E-state index in [0.717, 1.165) is 21.2 Å². The van der Waals surface area contributed by atoms with E-state index in [0.29, 0.717) is 23.8 Å². The van der Waals surface area contributed by atoms with Crippen LogP contribution in [0.15, 0.2) is 82.6 Å². The minimum absolute atomic E-state index is 0.0372. The van der Waals surface area contributed by atoms with E-state index in [1.807, 2.05) is 27.0 Å². The lowest BCUT2D eigenvalue weighted by Gasteiger charge is -2.34. The zero-order chi connectivity index (χ0) is 31.6. The number of benzene rings is 3. The molecule has 0 aliphatic heterocycles. The van der Waals surface area contributed by atoms with Gasteiger partial charge in [-0.1, -0.05) is 49.7 Å². The van der Waals surface area contributed by atoms with Crippen LogP contribution < -0.4 is 14.4 Å². The number of nitrogens with zero attached hydrogens (tertiary/aromatic N) is 2. The molecule has 0 saturated carbocycles. The third-order valence-corrected chi connectivity index (χ3v) is 9.78. The van der Waals surface area contributed by atoms with Crippen molar-refractivity contribution in [2.24, 2.45) is 0 Å². The van der Waals surface area contributed by atoms with Gasteiger partial charge in [0.1, 0.15) is 18.3 Å². The Morgan fingerprint density at radius 1 is 0.953 bits per heavy atom. The van der Waals surface area contributed by atoms with Gasteiger partial charge in [-0.3, -0.25) is 13.9 Å². The first-order valence-corrected chi connectivity index (χ1v) is 17.3. The predicted octanol–water partition coefficient (Wildman–Crippen LogP) is 6.38. The second kappa shape index (κ2) is 16.0. The average Bonchev–Trinajstić information content (AvgIpc) is 3.01. The number of halogens is 1. The summed E-state index contributed by atoms with van der Waals surface area (Å²) < 4.78 is 35.3. The van der Waals surface area contributed by atoms with E-state index in [2.05, 4.69) is 5.32 Å². The van der Waals surface area contributed by atoms with Gasteiger partial charge < -0.3 is 15.0 Å². The van der Waals surface area contributed by atoms with E-state index in [1.165, 1.54) is 28.8 Å². The summed E-state index contributed by atoms with van der Waals surface area (Å²) in [7, 11) is -4.22. The maximum Gasteiger partial charge on any atom is 0.264 e. The molecule has 3 aromatic rings. The molecule has 0 bridgehead atoms. The Bertz CT molecular complexity index is 1470. The van der Waals surface area contributed by atoms with Crippen LogP contribution in [-0.4, -0.2) is 56.6 Å². The van der Waals surface area contributed by atoms with Crippen LogP contribution in [0.2, 0.25) is 5.02 Å². The Morgan fingerprint density at radius 2 is 1.60 bits per heavy atom. The number of para-hydroxylation sites is 2. The second-order valence-corrected chi connectivity index (χ2v) is 13.2. The van der Waals surface area contributed by atoms with Gasteiger partial charge in [0.15, 0.2) is 0 Å². The summed E-state index contributed by atoms with van der Waals surface area (Å²) in [6.07, 6.45) is 2.96. The van der Waals surface area contributed by atoms with Crippen LogP contribution >= 0.6 is 23.4 Å². The molecule has 2 atom stereocenters. The average molecular weight is 646 g/mol. The van der Waals surface area contributed by atoms with Gasteiger partial charge in [0.25, 0.3) is 10.0 Å². The van der Waals surface area contributed by atoms with Crippen LogP contribution in [0, 0.1) is 0 Å². The first kappa shape index (κ1) is 34.3. The first-order valence-electron chi connectivity index (χ1n) is 14.3. The van der Waals surface area contributed by atoms with Gasteiger partial charge >= 0.3 is 0 Å². The van der Waals surface area contributed by atoms with Crippen molar-refractivity contribution in [3.8, 4) is 5.75 Å². The molecule has 2 amide bonds. The molecule has 3 rings (SSSR count). The fourth-order valence-electron chi connectivity index (χ4n) is 4.48. The van der Waals surface area contributed by atoms with Crippen molar-refractivity contribution in [1.82, 2.24) is 10.2 Å². The molecule has 8 nitrogen and oxygen atoms in total. The number of sulfonamides is 1. The van der Waals surface area contributed by atoms with Crippen LogP contribution in [0.1, 0.15) is 46.1 Å². The number of carbonyl (C=O) groups is 2. The number of anilines is 1. The van der Waals surface area contributed by atoms with E-state index in [4.69, 9.17) is 16.3 Å². The fourth-order valence-corrected chi connectivity index (χ4v) is 6.44. The Balaban J connectivity index is 2.11. The van der Waals surface area contributed by atoms with Gasteiger partial charge in [-0.25, -0.2) is 8.42 Å². The van der Waals surface area contributed by atoms with Crippen molar-refractivity contribution in [3.05, 3.63) is 83.4 Å². The molecular formula is C32H40ClN3O5S2. The minimum atomic E-state index is -4.22. The van der Waals surface area contributed by atoms with Crippen LogP contribution in [0.5, 0.6) is 5.75 Å². The van der Waals surface area contributed by atoms with Crippen molar-refractivity contribution < 1.29 is 22.7 Å². The Morgan fingerprint density at radius 3 is 2.19 bits per heavy atom. The Labute approximate surface area is 264 Å². The molecule has 0 unspecified atom stereocenters. The number of hydrogen-bond donors (Lipinski definition) is 1. The standard InChI is InChI=1S/C32H40ClN3O5S2/c1-6-23(4)34-32(38)28(7-2)35(21-24-13-15-25(33)16-14-24)31(37)22-36(29-11-9-10-12-30(29)41-8-3)43(39,40)27-19-17-26(42-5)18-20-27/h9-20,23,28H,6-8,21-22H2,1-5H3,(H,34,38)/t23-,28-/m0/s1. The smallest absolute Gasteiger partial charge is 0.264 e. The van der Waals surface area contributed by atoms with Crippen molar-refractivity contribution in [3.63, 3.8) is 0 Å². The highest BCUT2D eigenvalue weighted by Crippen LogP contribution is 2.33. The van der Waals surface area contributed by atoms with Gasteiger partial charge in [-0.2, -0.15) is 0 Å². The number of thioether (sulfide) groups is 1. The molecule has 0 spiro atoms. The Kier molecular flexibility index (Phi) is 12.8. The maximum absolute atomic E-state index is 14.3. The van der Waals surface area contributed by atoms with Gasteiger partial charge in [0.05, 0.1) is 17.2 Å². The quantitative estimate of drug-likeness (QED) is 0.193. The molecule has 0 saturated heterocycles. The molecular weight excluding hydrogens is 606 g/mol. The van der Waals surface area contributed by atoms with Crippen molar-refractivity contribution in [2.75, 3.05) is 23.7 Å². The van der Waals surface area contributed by atoms with Gasteiger partial charge in [0.2, 0.25) is 11.8 Å². The summed E-state index contributed by atoms with van der Waals surface area (Å²) in [6, 6.07) is 19.3. The number of carbonyl (C=O) groups excluding carboxylic acids is 2. The number of ether oxygens (including phenoxy) is 1. The first-order chi connectivity index (χ1) is 20.5. The molecule has 0 heterocycles. The van der Waals surface area contributed by atoms with Gasteiger partial charge in [0, 0.05) is 22.5 Å². The molecule has 0 radical (unpaired) electrons. The molecule has 232 valence electrons. The lowest BCUT2D eigenvalue weighted by atomic mass is 10.1. The summed E-state index contributed by atoms with van der Waals surface area (Å²) in [5.41, 5.74) is 0.986. The molecule has 43 heavy (non-hydrogen) atoms. The van der Waals surface area contributed by atoms with Crippen LogP contribution in [-0.2, 0) is 26.2 Å². The van der Waals surface area contributed by atoms with E-state index >= 15 is 0 Å². The summed E-state index contributed by atoms with van der Waals surface area (Å²) in [4.78, 5) is 30.1. The summed E-state index contributed by atoms with van der Waals surface area (Å²) >= 11 is 7.59. The van der Waals surface area contributed by atoms with Gasteiger partial charge in [-0.15, -0.1) is 11.8 Å². The normalized spacial score (nSPS) is 12.7. The van der Waals surface area contributed by atoms with Crippen LogP contribution in [0.3, 0.4) is 0 Å². The number of rotatable bonds is 15. The molecule has 0 aliphatic carbocycles. The van der Waals surface area contributed by atoms with Crippen LogP contribution in [0.4, 0.5) is 5.69 Å². The van der Waals surface area contributed by atoms with E-state index < -0.39 is 28.5 Å². The van der Waals surface area contributed by atoms with Crippen LogP contribution in [0.25, 0.3) is 0 Å². The molecule has 11 heteroatoms. The topological polar surface area (TPSA) is 96.0 Å². The predicted molar refractivity (Wildman–Crippen MR) is 174 cm³/mol. The lowest BCUT2D eigenvalue weighted by molar-refractivity contribution is -0.140. The molecule has 0 aromatic heterocycles. The number of hydrogen-bond acceptors (Lipinski definition) is 6. The Hall–Kier alpha value is -3.21. The third-order valence-electron chi connectivity index (χ3n) is 7.01. The number of nitrogens with one attached hydrogen (secondary N) is 1. The zero-order valence-corrected chi connectivity index (χ0v) is 27.6. The highest BCUT2D eigenvalue weighted by atomic mass is 35.5. The zero-order valence-electron chi connectivity index (χ0n) is 25.2. The molecule has 3 aromatic carbocycles. The summed E-state index contributed by atoms with van der Waals surface area (Å²) in [5.74, 6) is -0.499. The SMILES string of the molecule is CCOc1ccccc1N(CC(=O)N(Cc1ccc(Cl)cc1)[C@@H](CC)C(=O)N[C@@H](C)CC)S(=O)(=O)c1ccc(SC)cc1. The molecule has 1 N–H and O–H groups in total. The maximum atomic E-state index is 14.3. The largest absolute Gasteiger partial charge is 0.492 e. The highest BCUT2D eigenvalue weighted by Gasteiger charge is 2.35. The lowest BCUT2D eigenvalue weighted by Crippen LogP contribution is -2.53. The molecule has 0 aliphatic rings. The van der Waals surface area contributed by atoms with Crippen molar-refractivity contribution >= 4 is 50.9 Å². The number of amides is 2. The molecule has 0 fully saturated rings. The van der Waals surface area contributed by atoms with E-state index in [1.54, 1.807) is 67.6 Å². The summed E-state index contributed by atoms with van der Waals surface area (Å²) in [6.45, 7) is 7.34. The monoisotopic (exact) mass is 645 g/mol.